The summed E-state index contributed by atoms with van der Waals surface area (Å²) in [7, 11) is 0. The highest BCUT2D eigenvalue weighted by Crippen LogP contribution is 2.35. The largest absolute Gasteiger partial charge is 0.391 e. The maximum absolute atomic E-state index is 13.9. The summed E-state index contributed by atoms with van der Waals surface area (Å²) >= 11 is 5.92. The van der Waals surface area contributed by atoms with Gasteiger partial charge in [0.05, 0.1) is 17.7 Å². The quantitative estimate of drug-likeness (QED) is 0.776. The molecule has 0 unspecified atom stereocenters. The van der Waals surface area contributed by atoms with Gasteiger partial charge in [-0.2, -0.15) is 0 Å². The molecule has 22 heavy (non-hydrogen) atoms. The van der Waals surface area contributed by atoms with Gasteiger partial charge in [0.2, 0.25) is 0 Å². The molecule has 6 heteroatoms. The van der Waals surface area contributed by atoms with Gasteiger partial charge < -0.3 is 9.63 Å². The van der Waals surface area contributed by atoms with Crippen LogP contribution in [0.2, 0.25) is 5.02 Å². The molecule has 1 aromatic heterocycles. The van der Waals surface area contributed by atoms with Gasteiger partial charge in [-0.25, -0.2) is 8.78 Å². The number of benzene rings is 2. The van der Waals surface area contributed by atoms with Crippen molar-refractivity contribution in [2.24, 2.45) is 0 Å². The third-order valence-corrected chi connectivity index (χ3v) is 3.47. The Morgan fingerprint density at radius 1 is 1.09 bits per heavy atom. The molecule has 0 amide bonds. The number of halogens is 3. The lowest BCUT2D eigenvalue weighted by Crippen LogP contribution is -1.93. The van der Waals surface area contributed by atoms with Crippen LogP contribution < -0.4 is 0 Å². The molecule has 0 aliphatic heterocycles. The van der Waals surface area contributed by atoms with Gasteiger partial charge in [-0.3, -0.25) is 0 Å². The molecule has 0 atom stereocenters. The van der Waals surface area contributed by atoms with Crippen molar-refractivity contribution in [3.05, 3.63) is 64.7 Å². The molecular weight excluding hydrogens is 312 g/mol. The van der Waals surface area contributed by atoms with E-state index in [2.05, 4.69) is 5.16 Å². The van der Waals surface area contributed by atoms with Crippen LogP contribution >= 0.6 is 11.6 Å². The lowest BCUT2D eigenvalue weighted by Gasteiger charge is -2.04. The molecule has 0 radical (unpaired) electrons. The van der Waals surface area contributed by atoms with E-state index >= 15 is 0 Å². The molecule has 0 saturated heterocycles. The van der Waals surface area contributed by atoms with Crippen LogP contribution in [0.1, 0.15) is 5.56 Å². The molecule has 3 aromatic rings. The Hall–Kier alpha value is -2.24. The van der Waals surface area contributed by atoms with E-state index in [1.54, 1.807) is 24.3 Å². The minimum absolute atomic E-state index is 0.131. The second kappa shape index (κ2) is 5.87. The molecule has 1 N–H and O–H groups in total. The fraction of sp³-hybridized carbons (Fsp3) is 0.0625. The molecule has 0 aliphatic carbocycles. The van der Waals surface area contributed by atoms with Crippen molar-refractivity contribution in [2.75, 3.05) is 0 Å². The SMILES string of the molecule is OCc1c(-c2cccc(Cl)c2)noc1-c1c(F)cccc1F. The summed E-state index contributed by atoms with van der Waals surface area (Å²) in [6.45, 7) is -0.478. The van der Waals surface area contributed by atoms with Crippen molar-refractivity contribution in [1.29, 1.82) is 0 Å². The zero-order valence-corrected chi connectivity index (χ0v) is 11.9. The van der Waals surface area contributed by atoms with Crippen molar-refractivity contribution in [3.8, 4) is 22.6 Å². The average molecular weight is 322 g/mol. The van der Waals surface area contributed by atoms with E-state index in [1.165, 1.54) is 6.07 Å². The predicted octanol–water partition coefficient (Wildman–Crippen LogP) is 4.43. The highest BCUT2D eigenvalue weighted by atomic mass is 35.5. The van der Waals surface area contributed by atoms with Crippen LogP contribution in [0.4, 0.5) is 8.78 Å². The van der Waals surface area contributed by atoms with Gasteiger partial charge >= 0.3 is 0 Å². The third-order valence-electron chi connectivity index (χ3n) is 3.23. The summed E-state index contributed by atoms with van der Waals surface area (Å²) in [5.41, 5.74) is 0.726. The maximum atomic E-state index is 13.9. The first-order valence-corrected chi connectivity index (χ1v) is 6.79. The number of nitrogens with zero attached hydrogens (tertiary/aromatic N) is 1. The molecule has 1 heterocycles. The lowest BCUT2D eigenvalue weighted by atomic mass is 10.0. The second-order valence-corrected chi connectivity index (χ2v) is 5.04. The topological polar surface area (TPSA) is 46.3 Å². The summed E-state index contributed by atoms with van der Waals surface area (Å²) in [6, 6.07) is 10.2. The summed E-state index contributed by atoms with van der Waals surface area (Å²) < 4.78 is 32.9. The number of hydrogen-bond donors (Lipinski definition) is 1. The van der Waals surface area contributed by atoms with Crippen LogP contribution in [0.3, 0.4) is 0 Å². The van der Waals surface area contributed by atoms with Crippen LogP contribution in [0, 0.1) is 11.6 Å². The Morgan fingerprint density at radius 2 is 1.77 bits per heavy atom. The van der Waals surface area contributed by atoms with Crippen LogP contribution in [0.5, 0.6) is 0 Å². The van der Waals surface area contributed by atoms with Crippen molar-refractivity contribution in [3.63, 3.8) is 0 Å². The third kappa shape index (κ3) is 2.49. The van der Waals surface area contributed by atoms with Gasteiger partial charge in [0.15, 0.2) is 5.76 Å². The van der Waals surface area contributed by atoms with Crippen LogP contribution in [0.25, 0.3) is 22.6 Å². The smallest absolute Gasteiger partial charge is 0.178 e. The van der Waals surface area contributed by atoms with Gasteiger partial charge in [-0.1, -0.05) is 35.0 Å². The van der Waals surface area contributed by atoms with E-state index in [1.807, 2.05) is 0 Å². The zero-order valence-electron chi connectivity index (χ0n) is 11.2. The predicted molar refractivity (Wildman–Crippen MR) is 78.2 cm³/mol. The van der Waals surface area contributed by atoms with Crippen LogP contribution in [-0.4, -0.2) is 10.3 Å². The molecule has 0 bridgehead atoms. The van der Waals surface area contributed by atoms with Crippen molar-refractivity contribution in [2.45, 2.75) is 6.61 Å². The second-order valence-electron chi connectivity index (χ2n) is 4.60. The molecule has 0 fully saturated rings. The highest BCUT2D eigenvalue weighted by Gasteiger charge is 2.23. The Morgan fingerprint density at radius 3 is 2.41 bits per heavy atom. The summed E-state index contributed by atoms with van der Waals surface area (Å²) in [5.74, 6) is -1.71. The van der Waals surface area contributed by atoms with E-state index in [-0.39, 0.29) is 16.9 Å². The number of aliphatic hydroxyl groups excluding tert-OH is 1. The summed E-state index contributed by atoms with van der Waals surface area (Å²) in [6.07, 6.45) is 0. The highest BCUT2D eigenvalue weighted by molar-refractivity contribution is 6.30. The Bertz CT molecular complexity index is 813. The molecule has 3 rings (SSSR count). The van der Waals surface area contributed by atoms with Gasteiger partial charge in [-0.15, -0.1) is 0 Å². The summed E-state index contributed by atoms with van der Waals surface area (Å²) in [4.78, 5) is 0. The lowest BCUT2D eigenvalue weighted by molar-refractivity contribution is 0.281. The molecule has 2 aromatic carbocycles. The molecule has 0 saturated carbocycles. The monoisotopic (exact) mass is 321 g/mol. The Kier molecular flexibility index (Phi) is 3.92. The number of hydrogen-bond acceptors (Lipinski definition) is 3. The normalized spacial score (nSPS) is 10.9. The Labute approximate surface area is 129 Å². The molecule has 112 valence electrons. The average Bonchev–Trinajstić information content (AvgIpc) is 2.90. The maximum Gasteiger partial charge on any atom is 0.178 e. The minimum atomic E-state index is -0.788. The standard InChI is InChI=1S/C16H10ClF2NO2/c17-10-4-1-3-9(7-10)15-11(8-21)16(22-20-15)14-12(18)5-2-6-13(14)19/h1-7,21H,8H2. The number of aliphatic hydroxyl groups is 1. The fourth-order valence-corrected chi connectivity index (χ4v) is 2.42. The van der Waals surface area contributed by atoms with E-state index in [0.29, 0.717) is 16.3 Å². The first-order valence-electron chi connectivity index (χ1n) is 6.41. The van der Waals surface area contributed by atoms with Crippen LogP contribution in [0.15, 0.2) is 47.0 Å². The molecule has 0 spiro atoms. The minimum Gasteiger partial charge on any atom is -0.391 e. The van der Waals surface area contributed by atoms with Crippen molar-refractivity contribution >= 4 is 11.6 Å². The van der Waals surface area contributed by atoms with E-state index in [0.717, 1.165) is 12.1 Å². The van der Waals surface area contributed by atoms with Gasteiger partial charge in [0, 0.05) is 10.6 Å². The van der Waals surface area contributed by atoms with Crippen molar-refractivity contribution in [1.82, 2.24) is 5.16 Å². The van der Waals surface area contributed by atoms with Crippen LogP contribution in [-0.2, 0) is 6.61 Å². The first kappa shape index (κ1) is 14.7. The first-order chi connectivity index (χ1) is 10.6. The van der Waals surface area contributed by atoms with E-state index < -0.39 is 18.2 Å². The number of rotatable bonds is 3. The van der Waals surface area contributed by atoms with Gasteiger partial charge in [-0.05, 0) is 24.3 Å². The zero-order chi connectivity index (χ0) is 15.7. The Balaban J connectivity index is 2.20. The van der Waals surface area contributed by atoms with E-state index in [4.69, 9.17) is 16.1 Å². The van der Waals surface area contributed by atoms with E-state index in [9.17, 15) is 13.9 Å². The van der Waals surface area contributed by atoms with Crippen molar-refractivity contribution < 1.29 is 18.4 Å². The molecule has 0 aliphatic rings. The van der Waals surface area contributed by atoms with Gasteiger partial charge in [0.1, 0.15) is 17.3 Å². The van der Waals surface area contributed by atoms with Gasteiger partial charge in [0.25, 0.3) is 0 Å². The fourth-order valence-electron chi connectivity index (χ4n) is 2.23. The molecular formula is C16H10ClF2NO2. The number of aromatic nitrogens is 1. The molecule has 3 nitrogen and oxygen atoms in total. The summed E-state index contributed by atoms with van der Waals surface area (Å²) in [5, 5.41) is 13.9.